The van der Waals surface area contributed by atoms with E-state index in [0.717, 1.165) is 11.3 Å². The summed E-state index contributed by atoms with van der Waals surface area (Å²) in [5.74, 6) is -0.352. The molecule has 5 nitrogen and oxygen atoms in total. The fraction of sp³-hybridized carbons (Fsp3) is 0.0870. The van der Waals surface area contributed by atoms with E-state index in [1.807, 2.05) is 71.6 Å². The van der Waals surface area contributed by atoms with Crippen LogP contribution in [0.1, 0.15) is 11.1 Å². The molecule has 1 N–H and O–H groups in total. The van der Waals surface area contributed by atoms with E-state index in [0.29, 0.717) is 17.8 Å². The Morgan fingerprint density at radius 2 is 1.69 bits per heavy atom. The van der Waals surface area contributed by atoms with E-state index in [9.17, 15) is 4.79 Å². The molecule has 0 unspecified atom stereocenters. The molecule has 3 aromatic carbocycles. The lowest BCUT2D eigenvalue weighted by atomic mass is 10.2. The zero-order chi connectivity index (χ0) is 20.5. The number of amides is 1. The van der Waals surface area contributed by atoms with Crippen molar-refractivity contribution in [2.75, 3.05) is 16.8 Å². The number of nitrogens with one attached hydrogen (secondary N) is 1. The second-order valence-electron chi connectivity index (χ2n) is 6.20. The van der Waals surface area contributed by atoms with Gasteiger partial charge in [-0.05, 0) is 48.1 Å². The highest BCUT2D eigenvalue weighted by Gasteiger charge is 2.15. The summed E-state index contributed by atoms with van der Waals surface area (Å²) in [6.45, 7) is 0.295. The van der Waals surface area contributed by atoms with E-state index in [1.54, 1.807) is 24.3 Å². The summed E-state index contributed by atoms with van der Waals surface area (Å²) >= 11 is 5.46. The van der Waals surface area contributed by atoms with Gasteiger partial charge in [0, 0.05) is 11.4 Å². The zero-order valence-corrected chi connectivity index (χ0v) is 16.4. The number of carbonyl (C=O) groups excluding carboxylic acids is 1. The molecule has 144 valence electrons. The predicted molar refractivity (Wildman–Crippen MR) is 117 cm³/mol. The smallest absolute Gasteiger partial charge is 0.264 e. The SMILES string of the molecule is N#Cc1cccc(NC(=O)COC(=S)N(Cc2ccccc2)c2ccccc2)c1. The van der Waals surface area contributed by atoms with Gasteiger partial charge in [0.05, 0.1) is 18.2 Å². The van der Waals surface area contributed by atoms with E-state index in [4.69, 9.17) is 22.2 Å². The van der Waals surface area contributed by atoms with Gasteiger partial charge >= 0.3 is 0 Å². The molecule has 0 aliphatic carbocycles. The summed E-state index contributed by atoms with van der Waals surface area (Å²) in [6.07, 6.45) is 0. The molecule has 0 spiro atoms. The van der Waals surface area contributed by atoms with Crippen LogP contribution in [0.25, 0.3) is 0 Å². The van der Waals surface area contributed by atoms with E-state index >= 15 is 0 Å². The number of thiocarbonyl (C=S) groups is 1. The molecule has 6 heteroatoms. The lowest BCUT2D eigenvalue weighted by Crippen LogP contribution is -2.33. The van der Waals surface area contributed by atoms with Gasteiger partial charge < -0.3 is 10.1 Å². The van der Waals surface area contributed by atoms with Gasteiger partial charge in [-0.2, -0.15) is 5.26 Å². The topological polar surface area (TPSA) is 65.4 Å². The largest absolute Gasteiger partial charge is 0.461 e. The predicted octanol–water partition coefficient (Wildman–Crippen LogP) is 4.51. The molecule has 0 bridgehead atoms. The van der Waals surface area contributed by atoms with Crippen molar-refractivity contribution in [2.45, 2.75) is 6.54 Å². The number of benzene rings is 3. The lowest BCUT2D eigenvalue weighted by Gasteiger charge is -2.25. The van der Waals surface area contributed by atoms with Crippen molar-refractivity contribution in [3.05, 3.63) is 96.1 Å². The Morgan fingerprint density at radius 1 is 1.00 bits per heavy atom. The first kappa shape index (κ1) is 20.1. The highest BCUT2D eigenvalue weighted by atomic mass is 32.1. The lowest BCUT2D eigenvalue weighted by molar-refractivity contribution is -0.118. The number of ether oxygens (including phenoxy) is 1. The minimum Gasteiger partial charge on any atom is -0.461 e. The number of nitriles is 1. The van der Waals surface area contributed by atoms with Crippen molar-refractivity contribution >= 4 is 34.7 Å². The first-order valence-electron chi connectivity index (χ1n) is 8.99. The third-order valence-corrected chi connectivity index (χ3v) is 4.41. The standard InChI is InChI=1S/C23H19N3O2S/c24-15-19-10-7-11-20(14-19)25-22(27)17-28-23(29)26(21-12-5-2-6-13-21)16-18-8-3-1-4-9-18/h1-14H,16-17H2,(H,25,27). The molecule has 0 aromatic heterocycles. The Kier molecular flexibility index (Phi) is 6.93. The summed E-state index contributed by atoms with van der Waals surface area (Å²) in [6, 6.07) is 28.3. The Bertz CT molecular complexity index is 1020. The Hall–Kier alpha value is -3.69. The number of nitrogens with zero attached hydrogens (tertiary/aromatic N) is 2. The Labute approximate surface area is 175 Å². The van der Waals surface area contributed by atoms with Gasteiger partial charge in [-0.25, -0.2) is 0 Å². The van der Waals surface area contributed by atoms with Crippen molar-refractivity contribution in [1.82, 2.24) is 0 Å². The number of hydrogen-bond donors (Lipinski definition) is 1. The van der Waals surface area contributed by atoms with Crippen molar-refractivity contribution in [2.24, 2.45) is 0 Å². The highest BCUT2D eigenvalue weighted by Crippen LogP contribution is 2.18. The van der Waals surface area contributed by atoms with Crippen molar-refractivity contribution in [3.63, 3.8) is 0 Å². The molecule has 0 saturated carbocycles. The molecule has 0 aliphatic rings. The van der Waals surface area contributed by atoms with Crippen LogP contribution in [0.2, 0.25) is 0 Å². The summed E-state index contributed by atoms with van der Waals surface area (Å²) in [5, 5.41) is 11.9. The van der Waals surface area contributed by atoms with Crippen LogP contribution >= 0.6 is 12.2 Å². The van der Waals surface area contributed by atoms with Crippen LogP contribution < -0.4 is 10.2 Å². The zero-order valence-electron chi connectivity index (χ0n) is 15.6. The quantitative estimate of drug-likeness (QED) is 0.616. The fourth-order valence-corrected chi connectivity index (χ4v) is 2.93. The highest BCUT2D eigenvalue weighted by molar-refractivity contribution is 7.80. The van der Waals surface area contributed by atoms with Crippen LogP contribution in [-0.2, 0) is 16.1 Å². The number of anilines is 2. The van der Waals surface area contributed by atoms with Crippen LogP contribution in [0.5, 0.6) is 0 Å². The Morgan fingerprint density at radius 3 is 2.38 bits per heavy atom. The van der Waals surface area contributed by atoms with E-state index in [1.165, 1.54) is 0 Å². The van der Waals surface area contributed by atoms with Crippen molar-refractivity contribution < 1.29 is 9.53 Å². The average Bonchev–Trinajstić information content (AvgIpc) is 2.77. The molecule has 0 atom stereocenters. The van der Waals surface area contributed by atoms with Gasteiger partial charge in [-0.15, -0.1) is 0 Å². The fourth-order valence-electron chi connectivity index (χ4n) is 2.70. The second-order valence-corrected chi connectivity index (χ2v) is 6.55. The average molecular weight is 401 g/mol. The molecule has 0 saturated heterocycles. The number of hydrogen-bond acceptors (Lipinski definition) is 4. The molecular weight excluding hydrogens is 382 g/mol. The number of para-hydroxylation sites is 1. The van der Waals surface area contributed by atoms with Gasteiger partial charge in [-0.1, -0.05) is 54.6 Å². The summed E-state index contributed by atoms with van der Waals surface area (Å²) in [4.78, 5) is 14.1. The summed E-state index contributed by atoms with van der Waals surface area (Å²) in [7, 11) is 0. The van der Waals surface area contributed by atoms with Gasteiger partial charge in [0.25, 0.3) is 11.1 Å². The van der Waals surface area contributed by atoms with Crippen LogP contribution in [0.3, 0.4) is 0 Å². The molecular formula is C23H19N3O2S. The maximum atomic E-state index is 12.2. The van der Waals surface area contributed by atoms with Crippen LogP contribution in [-0.4, -0.2) is 17.7 Å². The minimum atomic E-state index is -0.352. The van der Waals surface area contributed by atoms with Gasteiger partial charge in [-0.3, -0.25) is 9.69 Å². The Balaban J connectivity index is 1.65. The van der Waals surface area contributed by atoms with Crippen molar-refractivity contribution in [1.29, 1.82) is 5.26 Å². The molecule has 0 heterocycles. The van der Waals surface area contributed by atoms with Crippen LogP contribution in [0.15, 0.2) is 84.9 Å². The van der Waals surface area contributed by atoms with E-state index < -0.39 is 0 Å². The molecule has 0 fully saturated rings. The summed E-state index contributed by atoms with van der Waals surface area (Å²) < 4.78 is 5.60. The molecule has 29 heavy (non-hydrogen) atoms. The minimum absolute atomic E-state index is 0.209. The molecule has 0 aliphatic heterocycles. The van der Waals surface area contributed by atoms with Crippen molar-refractivity contribution in [3.8, 4) is 6.07 Å². The molecule has 1 amide bonds. The van der Waals surface area contributed by atoms with Gasteiger partial charge in [0.1, 0.15) is 0 Å². The number of carbonyl (C=O) groups is 1. The van der Waals surface area contributed by atoms with E-state index in [2.05, 4.69) is 5.32 Å². The molecule has 3 rings (SSSR count). The maximum absolute atomic E-state index is 12.2. The monoisotopic (exact) mass is 401 g/mol. The van der Waals surface area contributed by atoms with Crippen LogP contribution in [0.4, 0.5) is 11.4 Å². The number of rotatable bonds is 6. The molecule has 0 radical (unpaired) electrons. The van der Waals surface area contributed by atoms with Crippen LogP contribution in [0, 0.1) is 11.3 Å². The second kappa shape index (κ2) is 10.0. The first-order chi connectivity index (χ1) is 14.2. The summed E-state index contributed by atoms with van der Waals surface area (Å²) in [5.41, 5.74) is 2.95. The van der Waals surface area contributed by atoms with E-state index in [-0.39, 0.29) is 17.7 Å². The van der Waals surface area contributed by atoms with Gasteiger partial charge in [0.2, 0.25) is 0 Å². The van der Waals surface area contributed by atoms with Gasteiger partial charge in [0.15, 0.2) is 6.61 Å². The normalized spacial score (nSPS) is 9.90. The maximum Gasteiger partial charge on any atom is 0.264 e. The third kappa shape index (κ3) is 5.89. The third-order valence-electron chi connectivity index (χ3n) is 4.07. The molecule has 3 aromatic rings. The first-order valence-corrected chi connectivity index (χ1v) is 9.40.